The number of piperidine rings is 1. The highest BCUT2D eigenvalue weighted by Crippen LogP contribution is 2.33. The molecule has 2 aromatic rings. The monoisotopic (exact) mass is 417 g/mol. The number of fused-ring (bicyclic) bond motifs is 1. The van der Waals surface area contributed by atoms with Gasteiger partial charge in [-0.05, 0) is 38.8 Å². The van der Waals surface area contributed by atoms with Gasteiger partial charge in [-0.1, -0.05) is 25.7 Å². The summed E-state index contributed by atoms with van der Waals surface area (Å²) in [6.45, 7) is 3.32. The van der Waals surface area contributed by atoms with Gasteiger partial charge in [0.05, 0.1) is 0 Å². The van der Waals surface area contributed by atoms with E-state index in [2.05, 4.69) is 4.90 Å². The summed E-state index contributed by atoms with van der Waals surface area (Å²) in [7, 11) is 3.23. The van der Waals surface area contributed by atoms with Crippen LogP contribution in [-0.4, -0.2) is 49.4 Å². The molecule has 0 radical (unpaired) electrons. The molecule has 1 aliphatic carbocycles. The topological polar surface area (TPSA) is 73.0 Å². The third-order valence-electron chi connectivity index (χ3n) is 6.35. The molecule has 0 amide bonds. The fraction of sp³-hybridized carbons (Fsp3) is 0.714. The molecule has 0 N–H and O–H groups in total. The normalized spacial score (nSPS) is 19.1. The number of likely N-dealkylation sites (tertiary alicyclic amines) is 1. The zero-order chi connectivity index (χ0) is 20.4. The van der Waals surface area contributed by atoms with Gasteiger partial charge in [-0.25, -0.2) is 14.8 Å². The summed E-state index contributed by atoms with van der Waals surface area (Å²) in [6.07, 6.45) is 9.70. The minimum absolute atomic E-state index is 0.293. The molecular formula is C21H31N5O2S. The van der Waals surface area contributed by atoms with Gasteiger partial charge in [-0.3, -0.25) is 13.9 Å². The van der Waals surface area contributed by atoms with E-state index in [9.17, 15) is 9.59 Å². The first kappa shape index (κ1) is 20.6. The first-order valence-corrected chi connectivity index (χ1v) is 11.9. The Morgan fingerprint density at radius 3 is 2.34 bits per heavy atom. The van der Waals surface area contributed by atoms with Crippen LogP contribution in [-0.2, 0) is 14.1 Å². The van der Waals surface area contributed by atoms with Crippen LogP contribution in [0.4, 0.5) is 0 Å². The molecule has 1 saturated heterocycles. The summed E-state index contributed by atoms with van der Waals surface area (Å²) in [4.78, 5) is 37.5. The minimum atomic E-state index is -0.333. The molecule has 29 heavy (non-hydrogen) atoms. The van der Waals surface area contributed by atoms with Gasteiger partial charge in [0.1, 0.15) is 16.2 Å². The quantitative estimate of drug-likeness (QED) is 0.550. The van der Waals surface area contributed by atoms with Crippen LogP contribution in [0.5, 0.6) is 0 Å². The number of thioether (sulfide) groups is 1. The minimum Gasteiger partial charge on any atom is -0.303 e. The van der Waals surface area contributed by atoms with Crippen LogP contribution in [0.3, 0.4) is 0 Å². The molecular weight excluding hydrogens is 386 g/mol. The number of nitrogens with zero attached hydrogens (tertiary/aromatic N) is 5. The summed E-state index contributed by atoms with van der Waals surface area (Å²) in [5, 5.41) is 1.22. The first-order valence-electron chi connectivity index (χ1n) is 10.9. The van der Waals surface area contributed by atoms with Gasteiger partial charge in [-0.15, -0.1) is 11.8 Å². The molecule has 0 aromatic carbocycles. The maximum Gasteiger partial charge on any atom is 0.332 e. The number of aryl methyl sites for hydroxylation is 1. The molecule has 1 aliphatic heterocycles. The van der Waals surface area contributed by atoms with Crippen molar-refractivity contribution < 1.29 is 0 Å². The standard InChI is InChI=1S/C21H31N5O2S/c1-24-18-16(20(27)25(2)21(24)28)19(29-14-13-26-11-7-4-8-12-26)23-17(22-18)15-9-5-3-6-10-15/h15H,3-14H2,1-2H3. The molecule has 0 spiro atoms. The Kier molecular flexibility index (Phi) is 6.39. The fourth-order valence-electron chi connectivity index (χ4n) is 4.55. The Morgan fingerprint density at radius 2 is 1.62 bits per heavy atom. The summed E-state index contributed by atoms with van der Waals surface area (Å²) >= 11 is 1.64. The van der Waals surface area contributed by atoms with Crippen molar-refractivity contribution in [1.29, 1.82) is 0 Å². The van der Waals surface area contributed by atoms with E-state index in [0.717, 1.165) is 49.1 Å². The van der Waals surface area contributed by atoms with Gasteiger partial charge >= 0.3 is 5.69 Å². The molecule has 0 unspecified atom stereocenters. The lowest BCUT2D eigenvalue weighted by Gasteiger charge is -2.26. The molecule has 0 bridgehead atoms. The van der Waals surface area contributed by atoms with Crippen molar-refractivity contribution in [1.82, 2.24) is 24.0 Å². The van der Waals surface area contributed by atoms with E-state index in [1.54, 1.807) is 18.8 Å². The summed E-state index contributed by atoms with van der Waals surface area (Å²) < 4.78 is 2.67. The molecule has 7 nitrogen and oxygen atoms in total. The lowest BCUT2D eigenvalue weighted by Crippen LogP contribution is -2.38. The van der Waals surface area contributed by atoms with E-state index in [1.807, 2.05) is 0 Å². The van der Waals surface area contributed by atoms with Crippen molar-refractivity contribution in [2.45, 2.75) is 62.3 Å². The molecule has 2 fully saturated rings. The molecule has 2 aromatic heterocycles. The van der Waals surface area contributed by atoms with Crippen molar-refractivity contribution in [3.63, 3.8) is 0 Å². The van der Waals surface area contributed by atoms with E-state index in [0.29, 0.717) is 17.0 Å². The zero-order valence-corrected chi connectivity index (χ0v) is 18.3. The number of hydrogen-bond donors (Lipinski definition) is 0. The Balaban J connectivity index is 1.71. The predicted octanol–water partition coefficient (Wildman–Crippen LogP) is 2.65. The predicted molar refractivity (Wildman–Crippen MR) is 117 cm³/mol. The lowest BCUT2D eigenvalue weighted by atomic mass is 9.89. The van der Waals surface area contributed by atoms with Crippen LogP contribution in [0.25, 0.3) is 11.0 Å². The summed E-state index contributed by atoms with van der Waals surface area (Å²) in [5.74, 6) is 2.03. The second-order valence-electron chi connectivity index (χ2n) is 8.38. The Morgan fingerprint density at radius 1 is 0.931 bits per heavy atom. The highest BCUT2D eigenvalue weighted by molar-refractivity contribution is 7.99. The SMILES string of the molecule is Cn1c(=O)c2c(SCCN3CCCCC3)nc(C3CCCCC3)nc2n(C)c1=O. The Labute approximate surface area is 175 Å². The van der Waals surface area contributed by atoms with E-state index >= 15 is 0 Å². The second-order valence-corrected chi connectivity index (χ2v) is 9.46. The second kappa shape index (κ2) is 9.00. The average Bonchev–Trinajstić information content (AvgIpc) is 2.77. The van der Waals surface area contributed by atoms with E-state index < -0.39 is 0 Å². The van der Waals surface area contributed by atoms with Gasteiger partial charge in [0.15, 0.2) is 5.65 Å². The van der Waals surface area contributed by atoms with Gasteiger partial charge < -0.3 is 4.90 Å². The van der Waals surface area contributed by atoms with Gasteiger partial charge in [0.2, 0.25) is 0 Å². The molecule has 3 heterocycles. The summed E-state index contributed by atoms with van der Waals surface area (Å²) in [6, 6.07) is 0. The molecule has 1 saturated carbocycles. The summed E-state index contributed by atoms with van der Waals surface area (Å²) in [5.41, 5.74) is -0.145. The largest absolute Gasteiger partial charge is 0.332 e. The third kappa shape index (κ3) is 4.28. The fourth-order valence-corrected chi connectivity index (χ4v) is 5.57. The maximum absolute atomic E-state index is 12.9. The van der Waals surface area contributed by atoms with Gasteiger partial charge in [-0.2, -0.15) is 0 Å². The van der Waals surface area contributed by atoms with Gasteiger partial charge in [0, 0.05) is 32.3 Å². The zero-order valence-electron chi connectivity index (χ0n) is 17.5. The smallest absolute Gasteiger partial charge is 0.303 e. The molecule has 4 rings (SSSR count). The van der Waals surface area contributed by atoms with Crippen molar-refractivity contribution >= 4 is 22.8 Å². The lowest BCUT2D eigenvalue weighted by molar-refractivity contribution is 0.242. The van der Waals surface area contributed by atoms with Crippen LogP contribution in [0.15, 0.2) is 14.6 Å². The Hall–Kier alpha value is -1.67. The molecule has 0 atom stereocenters. The van der Waals surface area contributed by atoms with Crippen molar-refractivity contribution in [3.05, 3.63) is 26.7 Å². The van der Waals surface area contributed by atoms with Crippen LogP contribution in [0, 0.1) is 0 Å². The van der Waals surface area contributed by atoms with E-state index in [4.69, 9.17) is 9.97 Å². The molecule has 8 heteroatoms. The van der Waals surface area contributed by atoms with Gasteiger partial charge in [0.25, 0.3) is 5.56 Å². The average molecular weight is 418 g/mol. The van der Waals surface area contributed by atoms with Crippen molar-refractivity contribution in [3.8, 4) is 0 Å². The van der Waals surface area contributed by atoms with Crippen LogP contribution < -0.4 is 11.2 Å². The first-order chi connectivity index (χ1) is 14.1. The molecule has 2 aliphatic rings. The van der Waals surface area contributed by atoms with Crippen molar-refractivity contribution in [2.75, 3.05) is 25.4 Å². The highest BCUT2D eigenvalue weighted by atomic mass is 32.2. The third-order valence-corrected chi connectivity index (χ3v) is 7.30. The molecule has 158 valence electrons. The number of aromatic nitrogens is 4. The number of rotatable bonds is 5. The highest BCUT2D eigenvalue weighted by Gasteiger charge is 2.23. The van der Waals surface area contributed by atoms with E-state index in [1.165, 1.54) is 54.7 Å². The van der Waals surface area contributed by atoms with Crippen LogP contribution >= 0.6 is 11.8 Å². The Bertz CT molecular complexity index is 987. The van der Waals surface area contributed by atoms with E-state index in [-0.39, 0.29) is 11.2 Å². The van der Waals surface area contributed by atoms with Crippen molar-refractivity contribution in [2.24, 2.45) is 14.1 Å². The maximum atomic E-state index is 12.9. The number of hydrogen-bond acceptors (Lipinski definition) is 6. The van der Waals surface area contributed by atoms with Crippen LogP contribution in [0.1, 0.15) is 63.1 Å². The van der Waals surface area contributed by atoms with Crippen LogP contribution in [0.2, 0.25) is 0 Å².